The van der Waals surface area contributed by atoms with E-state index in [0.717, 1.165) is 12.8 Å². The highest BCUT2D eigenvalue weighted by atomic mass is 31.2. The lowest BCUT2D eigenvalue weighted by Crippen LogP contribution is -2.44. The lowest BCUT2D eigenvalue weighted by Gasteiger charge is -2.47. The van der Waals surface area contributed by atoms with E-state index in [1.165, 1.54) is 12.8 Å². The Labute approximate surface area is 97.4 Å². The van der Waals surface area contributed by atoms with E-state index in [0.29, 0.717) is 18.6 Å². The number of hydrogen-bond acceptors (Lipinski definition) is 3. The number of terminal acetylenes is 1. The van der Waals surface area contributed by atoms with Crippen LogP contribution in [-0.2, 0) is 13.6 Å². The molecule has 2 rings (SSSR count). The summed E-state index contributed by atoms with van der Waals surface area (Å²) in [5.41, 5.74) is 0.385. The Morgan fingerprint density at radius 2 is 1.75 bits per heavy atom. The third kappa shape index (κ3) is 1.64. The summed E-state index contributed by atoms with van der Waals surface area (Å²) in [6, 6.07) is 0. The van der Waals surface area contributed by atoms with Crippen molar-refractivity contribution >= 4 is 7.60 Å². The van der Waals surface area contributed by atoms with E-state index in [1.54, 1.807) is 0 Å². The van der Waals surface area contributed by atoms with Gasteiger partial charge in [-0.05, 0) is 44.9 Å². The van der Waals surface area contributed by atoms with Crippen molar-refractivity contribution in [3.05, 3.63) is 0 Å². The van der Waals surface area contributed by atoms with E-state index in [9.17, 15) is 4.57 Å². The number of hydrogen-bond donors (Lipinski definition) is 0. The van der Waals surface area contributed by atoms with Crippen LogP contribution < -0.4 is 0 Å². The topological polar surface area (TPSA) is 35.5 Å². The molecule has 0 saturated heterocycles. The van der Waals surface area contributed by atoms with Gasteiger partial charge in [0.25, 0.3) is 0 Å². The van der Waals surface area contributed by atoms with E-state index in [-0.39, 0.29) is 0 Å². The molecule has 0 N–H and O–H groups in total. The lowest BCUT2D eigenvalue weighted by atomic mass is 9.71. The van der Waals surface area contributed by atoms with Crippen molar-refractivity contribution in [2.75, 3.05) is 13.2 Å². The average Bonchev–Trinajstić information content (AvgIpc) is 2.95. The second-order valence-electron chi connectivity index (χ2n) is 4.86. The van der Waals surface area contributed by atoms with Gasteiger partial charge in [0, 0.05) is 0 Å². The quantitative estimate of drug-likeness (QED) is 0.548. The fourth-order valence-corrected chi connectivity index (χ4v) is 5.18. The predicted molar refractivity (Wildman–Crippen MR) is 63.3 cm³/mol. The summed E-state index contributed by atoms with van der Waals surface area (Å²) in [6.45, 7) is 4.41. The van der Waals surface area contributed by atoms with E-state index in [1.807, 2.05) is 13.8 Å². The van der Waals surface area contributed by atoms with Crippen LogP contribution in [0.1, 0.15) is 39.5 Å². The van der Waals surface area contributed by atoms with E-state index < -0.39 is 12.8 Å². The van der Waals surface area contributed by atoms with Crippen LogP contribution in [0.2, 0.25) is 0 Å². The van der Waals surface area contributed by atoms with Crippen LogP contribution in [0.5, 0.6) is 0 Å². The van der Waals surface area contributed by atoms with Crippen molar-refractivity contribution < 1.29 is 13.6 Å². The summed E-state index contributed by atoms with van der Waals surface area (Å²) in [5, 5.41) is -0.643. The van der Waals surface area contributed by atoms with Crippen LogP contribution in [0.25, 0.3) is 0 Å². The fourth-order valence-electron chi connectivity index (χ4n) is 2.72. The molecule has 0 atom stereocenters. The first-order chi connectivity index (χ1) is 7.55. The van der Waals surface area contributed by atoms with Crippen LogP contribution in [0.4, 0.5) is 0 Å². The van der Waals surface area contributed by atoms with Gasteiger partial charge in [-0.3, -0.25) is 4.57 Å². The summed E-state index contributed by atoms with van der Waals surface area (Å²) < 4.78 is 23.4. The average molecular weight is 242 g/mol. The summed E-state index contributed by atoms with van der Waals surface area (Å²) in [6.07, 6.45) is 9.64. The molecule has 3 nitrogen and oxygen atoms in total. The molecule has 0 radical (unpaired) electrons. The van der Waals surface area contributed by atoms with Gasteiger partial charge >= 0.3 is 7.60 Å². The fraction of sp³-hybridized carbons (Fsp3) is 0.833. The van der Waals surface area contributed by atoms with Crippen molar-refractivity contribution in [2.24, 2.45) is 5.41 Å². The highest BCUT2D eigenvalue weighted by molar-refractivity contribution is 7.56. The first kappa shape index (κ1) is 12.2. The van der Waals surface area contributed by atoms with Crippen molar-refractivity contribution in [1.29, 1.82) is 0 Å². The van der Waals surface area contributed by atoms with E-state index in [2.05, 4.69) is 5.92 Å². The molecular formula is C12H19O3P. The van der Waals surface area contributed by atoms with Gasteiger partial charge in [-0.2, -0.15) is 0 Å². The summed E-state index contributed by atoms with van der Waals surface area (Å²) in [4.78, 5) is 0. The van der Waals surface area contributed by atoms with Crippen molar-refractivity contribution in [1.82, 2.24) is 0 Å². The maximum Gasteiger partial charge on any atom is 0.348 e. The maximum atomic E-state index is 12.7. The molecule has 0 aromatic heterocycles. The summed E-state index contributed by atoms with van der Waals surface area (Å²) >= 11 is 0. The first-order valence-electron chi connectivity index (χ1n) is 5.92. The second kappa shape index (κ2) is 3.88. The molecule has 0 bridgehead atoms. The highest BCUT2D eigenvalue weighted by Gasteiger charge is 2.68. The van der Waals surface area contributed by atoms with Crippen LogP contribution in [0, 0.1) is 17.8 Å². The Hall–Kier alpha value is -0.290. The van der Waals surface area contributed by atoms with Gasteiger partial charge in [-0.1, -0.05) is 5.92 Å². The van der Waals surface area contributed by atoms with Gasteiger partial charge in [-0.15, -0.1) is 6.42 Å². The molecule has 0 aromatic carbocycles. The standard InChI is InChI=1S/C12H19O3P/c1-4-12(9-11(10-12)7-8-11)16(13,14-5-2)15-6-3/h1H,5-10H2,2-3H3. The zero-order chi connectivity index (χ0) is 11.9. The van der Waals surface area contributed by atoms with Crippen molar-refractivity contribution in [3.8, 4) is 12.3 Å². The monoisotopic (exact) mass is 242 g/mol. The van der Waals surface area contributed by atoms with Crippen molar-refractivity contribution in [3.63, 3.8) is 0 Å². The molecule has 0 heterocycles. The molecule has 16 heavy (non-hydrogen) atoms. The molecule has 1 spiro atoms. The molecule has 2 aliphatic rings. The van der Waals surface area contributed by atoms with Gasteiger partial charge in [0.1, 0.15) is 5.16 Å². The molecule has 2 aliphatic carbocycles. The first-order valence-corrected chi connectivity index (χ1v) is 7.47. The Morgan fingerprint density at radius 3 is 2.06 bits per heavy atom. The minimum absolute atomic E-state index is 0.383. The van der Waals surface area contributed by atoms with Gasteiger partial charge in [-0.25, -0.2) is 0 Å². The Bertz CT molecular complexity index is 347. The lowest BCUT2D eigenvalue weighted by molar-refractivity contribution is 0.149. The zero-order valence-corrected chi connectivity index (χ0v) is 10.9. The van der Waals surface area contributed by atoms with E-state index in [4.69, 9.17) is 15.5 Å². The van der Waals surface area contributed by atoms with Crippen LogP contribution in [-0.4, -0.2) is 18.4 Å². The molecule has 0 amide bonds. The molecule has 0 unspecified atom stereocenters. The zero-order valence-electron chi connectivity index (χ0n) is 9.99. The van der Waals surface area contributed by atoms with Gasteiger partial charge < -0.3 is 9.05 Å². The SMILES string of the molecule is C#CC1(P(=O)(OCC)OCC)CC2(CC2)C1. The third-order valence-electron chi connectivity index (χ3n) is 3.68. The second-order valence-corrected chi connectivity index (χ2v) is 7.23. The normalized spacial score (nSPS) is 24.8. The molecule has 0 aromatic rings. The van der Waals surface area contributed by atoms with E-state index >= 15 is 0 Å². The minimum Gasteiger partial charge on any atom is -0.308 e. The third-order valence-corrected chi connectivity index (χ3v) is 6.37. The smallest absolute Gasteiger partial charge is 0.308 e. The molecule has 4 heteroatoms. The molecule has 2 fully saturated rings. The predicted octanol–water partition coefficient (Wildman–Crippen LogP) is 3.20. The van der Waals surface area contributed by atoms with Crippen LogP contribution in [0.15, 0.2) is 0 Å². The highest BCUT2D eigenvalue weighted by Crippen LogP contribution is 2.78. The van der Waals surface area contributed by atoms with Gasteiger partial charge in [0.05, 0.1) is 13.2 Å². The van der Waals surface area contributed by atoms with Crippen LogP contribution in [0.3, 0.4) is 0 Å². The number of rotatable bonds is 5. The summed E-state index contributed by atoms with van der Waals surface area (Å²) in [7, 11) is -3.13. The van der Waals surface area contributed by atoms with Crippen molar-refractivity contribution in [2.45, 2.75) is 44.7 Å². The Balaban J connectivity index is 2.18. The Morgan fingerprint density at radius 1 is 1.25 bits per heavy atom. The molecule has 90 valence electrons. The van der Waals surface area contributed by atoms with Gasteiger partial charge in [0.2, 0.25) is 0 Å². The molecular weight excluding hydrogens is 223 g/mol. The Kier molecular flexibility index (Phi) is 2.95. The molecule has 2 saturated carbocycles. The summed E-state index contributed by atoms with van der Waals surface area (Å²) in [5.74, 6) is 2.71. The molecule has 0 aliphatic heterocycles. The maximum absolute atomic E-state index is 12.7. The largest absolute Gasteiger partial charge is 0.348 e. The van der Waals surface area contributed by atoms with Crippen LogP contribution >= 0.6 is 7.60 Å². The minimum atomic E-state index is -3.13. The van der Waals surface area contributed by atoms with Gasteiger partial charge in [0.15, 0.2) is 0 Å².